The molecule has 0 radical (unpaired) electrons. The number of rotatable bonds is 4. The molecule has 5 nitrogen and oxygen atoms in total. The molecule has 128 valence electrons. The molecule has 0 bridgehead atoms. The zero-order chi connectivity index (χ0) is 17.3. The lowest BCUT2D eigenvalue weighted by atomic mass is 10.1. The fourth-order valence-electron chi connectivity index (χ4n) is 3.26. The molecule has 6 heteroatoms. The molecule has 1 aromatic heterocycles. The quantitative estimate of drug-likeness (QED) is 0.865. The van der Waals surface area contributed by atoms with E-state index in [0.29, 0.717) is 24.6 Å². The van der Waals surface area contributed by atoms with Gasteiger partial charge >= 0.3 is 0 Å². The molecule has 2 heterocycles. The van der Waals surface area contributed by atoms with Gasteiger partial charge in [-0.05, 0) is 44.4 Å². The summed E-state index contributed by atoms with van der Waals surface area (Å²) in [7, 11) is 1.41. The minimum atomic E-state index is -0.510. The van der Waals surface area contributed by atoms with Crippen LogP contribution in [0.25, 0.3) is 0 Å². The maximum absolute atomic E-state index is 13.8. The van der Waals surface area contributed by atoms with Crippen LogP contribution in [0.2, 0.25) is 0 Å². The fourth-order valence-corrected chi connectivity index (χ4v) is 3.26. The van der Waals surface area contributed by atoms with Crippen molar-refractivity contribution in [2.75, 3.05) is 20.2 Å². The normalized spacial score (nSPS) is 17.3. The van der Waals surface area contributed by atoms with Crippen LogP contribution < -0.4 is 4.74 Å². The predicted molar refractivity (Wildman–Crippen MR) is 88.7 cm³/mol. The first kappa shape index (κ1) is 16.5. The van der Waals surface area contributed by atoms with Gasteiger partial charge < -0.3 is 14.2 Å². The molecule has 1 saturated heterocycles. The third-order valence-corrected chi connectivity index (χ3v) is 4.67. The van der Waals surface area contributed by atoms with Crippen LogP contribution in [0.5, 0.6) is 5.75 Å². The molecule has 2 aromatic rings. The highest BCUT2D eigenvalue weighted by Crippen LogP contribution is 2.24. The molecular formula is C18H22FN3O2. The van der Waals surface area contributed by atoms with E-state index >= 15 is 0 Å². The van der Waals surface area contributed by atoms with Crippen molar-refractivity contribution in [2.24, 2.45) is 5.92 Å². The predicted octanol–water partition coefficient (Wildman–Crippen LogP) is 2.81. The van der Waals surface area contributed by atoms with Gasteiger partial charge in [0.1, 0.15) is 5.82 Å². The number of aromatic nitrogens is 2. The molecule has 24 heavy (non-hydrogen) atoms. The van der Waals surface area contributed by atoms with Crippen LogP contribution >= 0.6 is 0 Å². The fraction of sp³-hybridized carbons (Fsp3) is 0.444. The van der Waals surface area contributed by atoms with E-state index in [4.69, 9.17) is 4.74 Å². The summed E-state index contributed by atoms with van der Waals surface area (Å²) in [5, 5.41) is 0. The van der Waals surface area contributed by atoms with Crippen LogP contribution in [0.4, 0.5) is 4.39 Å². The van der Waals surface area contributed by atoms with Gasteiger partial charge in [-0.2, -0.15) is 0 Å². The molecule has 0 saturated carbocycles. The second kappa shape index (κ2) is 6.63. The van der Waals surface area contributed by atoms with Crippen molar-refractivity contribution in [1.29, 1.82) is 0 Å². The number of nitrogens with zero attached hydrogens (tertiary/aromatic N) is 3. The monoisotopic (exact) mass is 331 g/mol. The first-order valence-electron chi connectivity index (χ1n) is 8.11. The number of halogens is 1. The zero-order valence-electron chi connectivity index (χ0n) is 14.3. The van der Waals surface area contributed by atoms with Crippen LogP contribution in [-0.2, 0) is 6.54 Å². The van der Waals surface area contributed by atoms with E-state index in [9.17, 15) is 9.18 Å². The average molecular weight is 331 g/mol. The lowest BCUT2D eigenvalue weighted by Crippen LogP contribution is -2.29. The Balaban J connectivity index is 1.67. The van der Waals surface area contributed by atoms with Gasteiger partial charge in [-0.3, -0.25) is 4.79 Å². The third-order valence-electron chi connectivity index (χ3n) is 4.67. The Morgan fingerprint density at radius 2 is 2.21 bits per heavy atom. The number of ether oxygens (including phenoxy) is 1. The van der Waals surface area contributed by atoms with E-state index < -0.39 is 5.82 Å². The van der Waals surface area contributed by atoms with Crippen molar-refractivity contribution in [1.82, 2.24) is 14.5 Å². The van der Waals surface area contributed by atoms with Gasteiger partial charge in [0.05, 0.1) is 7.11 Å². The Kier molecular flexibility index (Phi) is 4.55. The van der Waals surface area contributed by atoms with Gasteiger partial charge in [0.15, 0.2) is 11.6 Å². The molecule has 1 aliphatic heterocycles. The van der Waals surface area contributed by atoms with Crippen molar-refractivity contribution < 1.29 is 13.9 Å². The largest absolute Gasteiger partial charge is 0.494 e. The Bertz CT molecular complexity index is 737. The van der Waals surface area contributed by atoms with Gasteiger partial charge in [0.25, 0.3) is 5.91 Å². The van der Waals surface area contributed by atoms with E-state index in [1.54, 1.807) is 11.0 Å². The summed E-state index contributed by atoms with van der Waals surface area (Å²) in [5.41, 5.74) is 1.50. The summed E-state index contributed by atoms with van der Waals surface area (Å²) in [4.78, 5) is 18.7. The number of likely N-dealkylation sites (tertiary alicyclic amines) is 1. The molecule has 1 amide bonds. The molecule has 1 aliphatic rings. The van der Waals surface area contributed by atoms with Crippen molar-refractivity contribution in [3.05, 3.63) is 47.3 Å². The van der Waals surface area contributed by atoms with Crippen molar-refractivity contribution in [2.45, 2.75) is 26.8 Å². The number of imidazole rings is 1. The van der Waals surface area contributed by atoms with E-state index in [1.807, 2.05) is 20.0 Å². The summed E-state index contributed by atoms with van der Waals surface area (Å²) in [6, 6.07) is 4.36. The first-order valence-corrected chi connectivity index (χ1v) is 8.11. The highest BCUT2D eigenvalue weighted by atomic mass is 19.1. The highest BCUT2D eigenvalue weighted by Gasteiger charge is 2.28. The number of hydrogen-bond donors (Lipinski definition) is 0. The number of hydrogen-bond acceptors (Lipinski definition) is 3. The average Bonchev–Trinajstić information content (AvgIpc) is 3.16. The maximum atomic E-state index is 13.8. The SMILES string of the molecule is COc1ccc(C(=O)N2CCC(Cn3c(C)cnc3C)C2)cc1F. The van der Waals surface area contributed by atoms with Gasteiger partial charge in [-0.25, -0.2) is 9.37 Å². The van der Waals surface area contributed by atoms with E-state index in [-0.39, 0.29) is 11.7 Å². The molecule has 1 fully saturated rings. The van der Waals surface area contributed by atoms with Gasteiger partial charge in [-0.1, -0.05) is 0 Å². The van der Waals surface area contributed by atoms with Crippen LogP contribution in [-0.4, -0.2) is 40.6 Å². The second-order valence-electron chi connectivity index (χ2n) is 6.31. The van der Waals surface area contributed by atoms with Gasteiger partial charge in [0.2, 0.25) is 0 Å². The molecule has 1 unspecified atom stereocenters. The third kappa shape index (κ3) is 3.13. The lowest BCUT2D eigenvalue weighted by molar-refractivity contribution is 0.0785. The van der Waals surface area contributed by atoms with E-state index in [1.165, 1.54) is 19.2 Å². The Labute approximate surface area is 141 Å². The lowest BCUT2D eigenvalue weighted by Gasteiger charge is -2.18. The Morgan fingerprint density at radius 1 is 1.42 bits per heavy atom. The topological polar surface area (TPSA) is 47.4 Å². The zero-order valence-corrected chi connectivity index (χ0v) is 14.3. The van der Waals surface area contributed by atoms with E-state index in [0.717, 1.165) is 24.5 Å². The number of aryl methyl sites for hydroxylation is 2. The summed E-state index contributed by atoms with van der Waals surface area (Å²) < 4.78 is 20.9. The van der Waals surface area contributed by atoms with Crippen LogP contribution in [0.3, 0.4) is 0 Å². The Hall–Kier alpha value is -2.37. The van der Waals surface area contributed by atoms with Gasteiger partial charge in [0, 0.05) is 37.1 Å². The Morgan fingerprint density at radius 3 is 2.83 bits per heavy atom. The maximum Gasteiger partial charge on any atom is 0.253 e. The second-order valence-corrected chi connectivity index (χ2v) is 6.31. The number of carbonyl (C=O) groups is 1. The summed E-state index contributed by atoms with van der Waals surface area (Å²) in [5.74, 6) is 0.900. The summed E-state index contributed by atoms with van der Waals surface area (Å²) in [6.45, 7) is 6.27. The minimum absolute atomic E-state index is 0.127. The number of amides is 1. The van der Waals surface area contributed by atoms with Crippen molar-refractivity contribution in [3.8, 4) is 5.75 Å². The smallest absolute Gasteiger partial charge is 0.253 e. The summed E-state index contributed by atoms with van der Waals surface area (Å²) in [6.07, 6.45) is 2.81. The van der Waals surface area contributed by atoms with Crippen molar-refractivity contribution in [3.63, 3.8) is 0 Å². The number of carbonyl (C=O) groups excluding carboxylic acids is 1. The molecule has 0 N–H and O–H groups in total. The first-order chi connectivity index (χ1) is 11.5. The highest BCUT2D eigenvalue weighted by molar-refractivity contribution is 5.94. The molecule has 0 aliphatic carbocycles. The molecule has 1 aromatic carbocycles. The molecule has 3 rings (SSSR count). The number of benzene rings is 1. The van der Waals surface area contributed by atoms with Crippen LogP contribution in [0, 0.1) is 25.6 Å². The molecule has 1 atom stereocenters. The van der Waals surface area contributed by atoms with Gasteiger partial charge in [-0.15, -0.1) is 0 Å². The van der Waals surface area contributed by atoms with Crippen molar-refractivity contribution >= 4 is 5.91 Å². The minimum Gasteiger partial charge on any atom is -0.494 e. The van der Waals surface area contributed by atoms with Crippen LogP contribution in [0.15, 0.2) is 24.4 Å². The summed E-state index contributed by atoms with van der Waals surface area (Å²) >= 11 is 0. The molecule has 0 spiro atoms. The standard InChI is InChI=1S/C18H22FN3O2/c1-12-9-20-13(2)22(12)11-14-6-7-21(10-14)18(23)15-4-5-17(24-3)16(19)8-15/h4-5,8-9,14H,6-7,10-11H2,1-3H3. The number of methoxy groups -OCH3 is 1. The molecular weight excluding hydrogens is 309 g/mol. The van der Waals surface area contributed by atoms with E-state index in [2.05, 4.69) is 9.55 Å². The van der Waals surface area contributed by atoms with Crippen LogP contribution in [0.1, 0.15) is 28.3 Å².